The second-order valence-electron chi connectivity index (χ2n) is 8.18. The zero-order valence-corrected chi connectivity index (χ0v) is 18.1. The molecule has 1 saturated heterocycles. The molecule has 1 amide bonds. The molecule has 158 valence electrons. The highest BCUT2D eigenvalue weighted by atomic mass is 32.2. The van der Waals surface area contributed by atoms with Crippen LogP contribution in [0.2, 0.25) is 0 Å². The van der Waals surface area contributed by atoms with E-state index in [0.29, 0.717) is 29.2 Å². The van der Waals surface area contributed by atoms with E-state index in [-0.39, 0.29) is 23.2 Å². The van der Waals surface area contributed by atoms with Crippen LogP contribution in [0, 0.1) is 0 Å². The highest BCUT2D eigenvalue weighted by Crippen LogP contribution is 2.35. The van der Waals surface area contributed by atoms with Crippen molar-refractivity contribution in [1.82, 2.24) is 20.1 Å². The summed E-state index contributed by atoms with van der Waals surface area (Å²) in [6.07, 6.45) is 7.75. The molecule has 2 aliphatic rings. The molecule has 1 aliphatic heterocycles. The van der Waals surface area contributed by atoms with Gasteiger partial charge in [-0.3, -0.25) is 9.36 Å². The third-order valence-corrected chi connectivity index (χ3v) is 8.47. The van der Waals surface area contributed by atoms with Gasteiger partial charge in [0.05, 0.1) is 29.1 Å². The van der Waals surface area contributed by atoms with Crippen LogP contribution in [0.1, 0.15) is 51.5 Å². The Balaban J connectivity index is 1.48. The minimum Gasteiger partial charge on any atom is -0.461 e. The normalized spacial score (nSPS) is 24.6. The van der Waals surface area contributed by atoms with Gasteiger partial charge in [-0.25, -0.2) is 8.42 Å². The summed E-state index contributed by atoms with van der Waals surface area (Å²) in [5.41, 5.74) is -0.688. The molecule has 29 heavy (non-hydrogen) atoms. The molecule has 2 aromatic heterocycles. The molecule has 0 radical (unpaired) electrons. The maximum Gasteiger partial charge on any atom is 0.230 e. The van der Waals surface area contributed by atoms with Gasteiger partial charge in [-0.2, -0.15) is 0 Å². The number of sulfone groups is 1. The average Bonchev–Trinajstić information content (AvgIpc) is 3.39. The topological polar surface area (TPSA) is 107 Å². The molecule has 1 atom stereocenters. The van der Waals surface area contributed by atoms with Crippen molar-refractivity contribution in [1.29, 1.82) is 0 Å². The number of carbonyl (C=O) groups excluding carboxylic acids is 1. The molecular formula is C19H26N4O4S2. The quantitative estimate of drug-likeness (QED) is 0.691. The summed E-state index contributed by atoms with van der Waals surface area (Å²) in [6, 6.07) is 3.99. The molecule has 1 N–H and O–H groups in total. The molecule has 4 rings (SSSR count). The summed E-state index contributed by atoms with van der Waals surface area (Å²) in [6.45, 7) is 1.79. The summed E-state index contributed by atoms with van der Waals surface area (Å²) in [5, 5.41) is 12.3. The number of nitrogens with zero attached hydrogens (tertiary/aromatic N) is 3. The average molecular weight is 439 g/mol. The molecule has 2 fully saturated rings. The van der Waals surface area contributed by atoms with Gasteiger partial charge in [-0.1, -0.05) is 31.0 Å². The van der Waals surface area contributed by atoms with Gasteiger partial charge in [0.1, 0.15) is 0 Å². The first kappa shape index (κ1) is 20.5. The molecule has 0 aromatic carbocycles. The van der Waals surface area contributed by atoms with Crippen molar-refractivity contribution >= 4 is 27.5 Å². The third kappa shape index (κ3) is 4.69. The van der Waals surface area contributed by atoms with Crippen LogP contribution < -0.4 is 5.32 Å². The van der Waals surface area contributed by atoms with Crippen molar-refractivity contribution in [3.8, 4) is 11.6 Å². The standard InChI is InChI=1S/C19H26N4O4S2/c1-19(9-11-29(25,26)13-19)20-16(24)12-28-18-22-21-17(15-8-5-10-27-15)23(18)14-6-3-2-4-7-14/h5,8,10,14H,2-4,6-7,9,11-13H2,1H3,(H,20,24). The van der Waals surface area contributed by atoms with Gasteiger partial charge < -0.3 is 9.73 Å². The number of hydrogen-bond acceptors (Lipinski definition) is 7. The van der Waals surface area contributed by atoms with Crippen LogP contribution in [0.3, 0.4) is 0 Å². The molecule has 1 saturated carbocycles. The summed E-state index contributed by atoms with van der Waals surface area (Å²) in [5.74, 6) is 1.46. The number of rotatable bonds is 6. The van der Waals surface area contributed by atoms with E-state index in [0.717, 1.165) is 25.7 Å². The zero-order valence-electron chi connectivity index (χ0n) is 16.5. The smallest absolute Gasteiger partial charge is 0.230 e. The third-order valence-electron chi connectivity index (χ3n) is 5.62. The number of amides is 1. The first-order valence-electron chi connectivity index (χ1n) is 9.98. The van der Waals surface area contributed by atoms with E-state index in [4.69, 9.17) is 4.42 Å². The van der Waals surface area contributed by atoms with Crippen LogP contribution >= 0.6 is 11.8 Å². The van der Waals surface area contributed by atoms with E-state index in [1.807, 2.05) is 12.1 Å². The van der Waals surface area contributed by atoms with Crippen molar-refractivity contribution in [3.05, 3.63) is 18.4 Å². The Morgan fingerprint density at radius 1 is 1.34 bits per heavy atom. The number of furan rings is 1. The van der Waals surface area contributed by atoms with Gasteiger partial charge in [-0.15, -0.1) is 10.2 Å². The lowest BCUT2D eigenvalue weighted by Crippen LogP contribution is -2.47. The Morgan fingerprint density at radius 3 is 2.79 bits per heavy atom. The molecule has 1 aliphatic carbocycles. The van der Waals surface area contributed by atoms with Crippen molar-refractivity contribution in [2.45, 2.75) is 62.2 Å². The summed E-state index contributed by atoms with van der Waals surface area (Å²) >= 11 is 1.34. The van der Waals surface area contributed by atoms with Gasteiger partial charge in [0.15, 0.2) is 20.8 Å². The molecule has 8 nitrogen and oxygen atoms in total. The van der Waals surface area contributed by atoms with Crippen LogP contribution in [-0.2, 0) is 14.6 Å². The lowest BCUT2D eigenvalue weighted by Gasteiger charge is -2.25. The number of hydrogen-bond donors (Lipinski definition) is 1. The molecule has 0 spiro atoms. The van der Waals surface area contributed by atoms with Gasteiger partial charge in [0, 0.05) is 6.04 Å². The van der Waals surface area contributed by atoms with Crippen LogP contribution in [-0.4, -0.2) is 51.9 Å². The Morgan fingerprint density at radius 2 is 2.14 bits per heavy atom. The van der Waals surface area contributed by atoms with Gasteiger partial charge in [0.2, 0.25) is 11.7 Å². The molecule has 2 aromatic rings. The Hall–Kier alpha value is -1.81. The minimum absolute atomic E-state index is 0.00267. The molecular weight excluding hydrogens is 412 g/mol. The fourth-order valence-corrected chi connectivity index (χ4v) is 7.13. The van der Waals surface area contributed by atoms with Crippen molar-refractivity contribution in [2.75, 3.05) is 17.3 Å². The minimum atomic E-state index is -3.07. The van der Waals surface area contributed by atoms with Crippen LogP contribution in [0.5, 0.6) is 0 Å². The van der Waals surface area contributed by atoms with E-state index in [1.54, 1.807) is 13.2 Å². The van der Waals surface area contributed by atoms with Crippen LogP contribution in [0.15, 0.2) is 28.0 Å². The first-order chi connectivity index (χ1) is 13.9. The number of aromatic nitrogens is 3. The van der Waals surface area contributed by atoms with Crippen LogP contribution in [0.4, 0.5) is 0 Å². The van der Waals surface area contributed by atoms with Crippen molar-refractivity contribution < 1.29 is 17.6 Å². The van der Waals surface area contributed by atoms with Crippen molar-refractivity contribution in [3.63, 3.8) is 0 Å². The number of thioether (sulfide) groups is 1. The van der Waals surface area contributed by atoms with E-state index in [2.05, 4.69) is 20.1 Å². The Kier molecular flexibility index (Phi) is 5.74. The van der Waals surface area contributed by atoms with Crippen LogP contribution in [0.25, 0.3) is 11.6 Å². The fraction of sp³-hybridized carbons (Fsp3) is 0.632. The van der Waals surface area contributed by atoms with Gasteiger partial charge >= 0.3 is 0 Å². The monoisotopic (exact) mass is 438 g/mol. The lowest BCUT2D eigenvalue weighted by atomic mass is 9.95. The Labute approximate surface area is 174 Å². The zero-order chi connectivity index (χ0) is 20.5. The molecule has 1 unspecified atom stereocenters. The van der Waals surface area contributed by atoms with E-state index < -0.39 is 15.4 Å². The first-order valence-corrected chi connectivity index (χ1v) is 12.8. The summed E-state index contributed by atoms with van der Waals surface area (Å²) in [7, 11) is -3.07. The number of carbonyl (C=O) groups is 1. The maximum absolute atomic E-state index is 12.5. The van der Waals surface area contributed by atoms with E-state index >= 15 is 0 Å². The predicted octanol–water partition coefficient (Wildman–Crippen LogP) is 2.83. The maximum atomic E-state index is 12.5. The second-order valence-corrected chi connectivity index (χ2v) is 11.3. The second kappa shape index (κ2) is 8.14. The van der Waals surface area contributed by atoms with Gasteiger partial charge in [0.25, 0.3) is 0 Å². The van der Waals surface area contributed by atoms with Crippen molar-refractivity contribution in [2.24, 2.45) is 0 Å². The highest BCUT2D eigenvalue weighted by Gasteiger charge is 2.39. The molecule has 0 bridgehead atoms. The molecule has 10 heteroatoms. The highest BCUT2D eigenvalue weighted by molar-refractivity contribution is 7.99. The largest absolute Gasteiger partial charge is 0.461 e. The summed E-state index contributed by atoms with van der Waals surface area (Å²) < 4.78 is 31.2. The SMILES string of the molecule is CC1(NC(=O)CSc2nnc(-c3ccco3)n2C2CCCCC2)CCS(=O)(=O)C1. The predicted molar refractivity (Wildman–Crippen MR) is 110 cm³/mol. The van der Waals surface area contributed by atoms with E-state index in [9.17, 15) is 13.2 Å². The molecule has 3 heterocycles. The van der Waals surface area contributed by atoms with Gasteiger partial charge in [-0.05, 0) is 38.3 Å². The fourth-order valence-electron chi connectivity index (χ4n) is 4.23. The van der Waals surface area contributed by atoms with E-state index in [1.165, 1.54) is 18.2 Å². The lowest BCUT2D eigenvalue weighted by molar-refractivity contribution is -0.120. The summed E-state index contributed by atoms with van der Waals surface area (Å²) in [4.78, 5) is 12.5. The Bertz CT molecular complexity index is 965. The number of nitrogens with one attached hydrogen (secondary N) is 1.